The molecule has 1 aromatic heterocycles. The van der Waals surface area contributed by atoms with Gasteiger partial charge in [0.1, 0.15) is 0 Å². The number of nitrogens with two attached hydrogens (primary N) is 1. The van der Waals surface area contributed by atoms with Gasteiger partial charge in [-0.3, -0.25) is 4.68 Å². The zero-order valence-corrected chi connectivity index (χ0v) is 14.8. The lowest BCUT2D eigenvalue weighted by atomic mass is 9.84. The maximum Gasteiger partial charge on any atom is 0.0880 e. The van der Waals surface area contributed by atoms with E-state index < -0.39 is 0 Å². The van der Waals surface area contributed by atoms with E-state index in [2.05, 4.69) is 28.0 Å². The normalized spacial score (nSPS) is 19.7. The molecule has 0 bridgehead atoms. The highest BCUT2D eigenvalue weighted by molar-refractivity contribution is 9.10. The summed E-state index contributed by atoms with van der Waals surface area (Å²) in [5, 5.41) is 4.54. The summed E-state index contributed by atoms with van der Waals surface area (Å²) in [7, 11) is 1.98. The van der Waals surface area contributed by atoms with E-state index in [9.17, 15) is 0 Å². The van der Waals surface area contributed by atoms with Crippen molar-refractivity contribution in [1.82, 2.24) is 9.78 Å². The molecule has 1 saturated heterocycles. The molecule has 120 valence electrons. The molecule has 5 nitrogen and oxygen atoms in total. The van der Waals surface area contributed by atoms with Crippen LogP contribution in [-0.2, 0) is 29.4 Å². The molecule has 1 fully saturated rings. The minimum atomic E-state index is -0.275. The number of nitrogens with zero attached hydrogens (tertiary/aromatic N) is 2. The first-order chi connectivity index (χ1) is 10.0. The summed E-state index contributed by atoms with van der Waals surface area (Å²) in [4.78, 5) is 0. The van der Waals surface area contributed by atoms with Gasteiger partial charge in [0.15, 0.2) is 0 Å². The molecule has 1 aliphatic rings. The summed E-state index contributed by atoms with van der Waals surface area (Å²) in [6, 6.07) is -0.0576. The van der Waals surface area contributed by atoms with Crippen LogP contribution in [0.15, 0.2) is 4.47 Å². The monoisotopic (exact) mass is 359 g/mol. The summed E-state index contributed by atoms with van der Waals surface area (Å²) >= 11 is 3.67. The van der Waals surface area contributed by atoms with Gasteiger partial charge in [0.2, 0.25) is 0 Å². The Bertz CT molecular complexity index is 464. The average molecular weight is 360 g/mol. The van der Waals surface area contributed by atoms with E-state index in [-0.39, 0.29) is 11.6 Å². The van der Waals surface area contributed by atoms with Crippen LogP contribution >= 0.6 is 15.9 Å². The Kier molecular flexibility index (Phi) is 5.82. The summed E-state index contributed by atoms with van der Waals surface area (Å²) in [6.07, 6.45) is 3.38. The Morgan fingerprint density at radius 3 is 2.62 bits per heavy atom. The Morgan fingerprint density at radius 1 is 1.43 bits per heavy atom. The molecule has 1 unspecified atom stereocenters. The zero-order chi connectivity index (χ0) is 15.5. The molecule has 2 N–H and O–H groups in total. The van der Waals surface area contributed by atoms with Crippen LogP contribution < -0.4 is 5.73 Å². The summed E-state index contributed by atoms with van der Waals surface area (Å²) < 4.78 is 14.6. The number of hydrogen-bond acceptors (Lipinski definition) is 4. The molecule has 0 radical (unpaired) electrons. The second-order valence-electron chi connectivity index (χ2n) is 5.61. The smallest absolute Gasteiger partial charge is 0.0880 e. The molecule has 0 aromatic carbocycles. The topological polar surface area (TPSA) is 62.3 Å². The van der Waals surface area contributed by atoms with E-state index in [1.807, 2.05) is 18.7 Å². The lowest BCUT2D eigenvalue weighted by Gasteiger charge is -2.41. The van der Waals surface area contributed by atoms with Gasteiger partial charge >= 0.3 is 0 Å². The quantitative estimate of drug-likeness (QED) is 0.845. The summed E-state index contributed by atoms with van der Waals surface area (Å²) in [5.41, 5.74) is 8.50. The molecule has 1 aromatic rings. The number of hydrogen-bond donors (Lipinski definition) is 1. The van der Waals surface area contributed by atoms with Gasteiger partial charge in [-0.2, -0.15) is 5.10 Å². The Morgan fingerprint density at radius 2 is 2.10 bits per heavy atom. The van der Waals surface area contributed by atoms with Gasteiger partial charge in [0.05, 0.1) is 21.5 Å². The molecular weight excluding hydrogens is 334 g/mol. The van der Waals surface area contributed by atoms with Gasteiger partial charge in [-0.05, 0) is 29.3 Å². The van der Waals surface area contributed by atoms with Crippen molar-refractivity contribution in [2.75, 3.05) is 19.8 Å². The van der Waals surface area contributed by atoms with Gasteiger partial charge in [-0.15, -0.1) is 0 Å². The fourth-order valence-corrected chi connectivity index (χ4v) is 3.84. The molecule has 2 rings (SSSR count). The van der Waals surface area contributed by atoms with Crippen LogP contribution in [0.3, 0.4) is 0 Å². The fraction of sp³-hybridized carbons (Fsp3) is 0.800. The average Bonchev–Trinajstić information content (AvgIpc) is 2.76. The minimum absolute atomic E-state index is 0.0576. The molecular formula is C15H26BrN3O2. The number of rotatable bonds is 6. The number of halogens is 1. The van der Waals surface area contributed by atoms with Crippen LogP contribution in [0.5, 0.6) is 0 Å². The Labute approximate surface area is 135 Å². The maximum absolute atomic E-state index is 6.55. The number of aromatic nitrogens is 2. The first-order valence-electron chi connectivity index (χ1n) is 7.71. The second kappa shape index (κ2) is 7.22. The van der Waals surface area contributed by atoms with Crippen molar-refractivity contribution in [2.45, 2.75) is 51.2 Å². The molecule has 0 spiro atoms. The predicted octanol–water partition coefficient (Wildman–Crippen LogP) is 2.20. The van der Waals surface area contributed by atoms with Gasteiger partial charge in [-0.25, -0.2) is 0 Å². The van der Waals surface area contributed by atoms with E-state index >= 15 is 0 Å². The van der Waals surface area contributed by atoms with Crippen LogP contribution in [0, 0.1) is 0 Å². The standard InChI is InChI=1S/C15H26BrN3O2/c1-4-11-14(16)12(19(3)18-11)10-13(17)15(21-5-2)6-8-20-9-7-15/h13H,4-10,17H2,1-3H3. The SMILES string of the molecule is CCOC1(C(N)Cc2c(Br)c(CC)nn2C)CCOCC1. The van der Waals surface area contributed by atoms with Gasteiger partial charge in [0, 0.05) is 52.2 Å². The number of ether oxygens (including phenoxy) is 2. The van der Waals surface area contributed by atoms with Crippen LogP contribution in [0.4, 0.5) is 0 Å². The second-order valence-corrected chi connectivity index (χ2v) is 6.40. The van der Waals surface area contributed by atoms with Crippen LogP contribution in [0.1, 0.15) is 38.1 Å². The highest BCUT2D eigenvalue weighted by Crippen LogP contribution is 2.31. The van der Waals surface area contributed by atoms with E-state index in [1.165, 1.54) is 0 Å². The zero-order valence-electron chi connectivity index (χ0n) is 13.2. The molecule has 2 heterocycles. The molecule has 6 heteroatoms. The highest BCUT2D eigenvalue weighted by atomic mass is 79.9. The van der Waals surface area contributed by atoms with Crippen molar-refractivity contribution < 1.29 is 9.47 Å². The van der Waals surface area contributed by atoms with Crippen molar-refractivity contribution in [3.8, 4) is 0 Å². The lowest BCUT2D eigenvalue weighted by Crippen LogP contribution is -2.54. The van der Waals surface area contributed by atoms with Gasteiger partial charge in [-0.1, -0.05) is 6.92 Å². The maximum atomic E-state index is 6.55. The van der Waals surface area contributed by atoms with E-state index in [0.717, 1.165) is 54.8 Å². The van der Waals surface area contributed by atoms with E-state index in [0.29, 0.717) is 6.61 Å². The van der Waals surface area contributed by atoms with Crippen LogP contribution in [0.2, 0.25) is 0 Å². The van der Waals surface area contributed by atoms with Crippen molar-refractivity contribution in [1.29, 1.82) is 0 Å². The van der Waals surface area contributed by atoms with Crippen molar-refractivity contribution in [2.24, 2.45) is 12.8 Å². The largest absolute Gasteiger partial charge is 0.381 e. The Balaban J connectivity index is 2.18. The van der Waals surface area contributed by atoms with E-state index in [4.69, 9.17) is 15.2 Å². The van der Waals surface area contributed by atoms with Crippen LogP contribution in [-0.4, -0.2) is 41.2 Å². The number of aryl methyl sites for hydroxylation is 2. The molecule has 0 aliphatic carbocycles. The van der Waals surface area contributed by atoms with Crippen molar-refractivity contribution in [3.05, 3.63) is 15.9 Å². The third kappa shape index (κ3) is 3.50. The minimum Gasteiger partial charge on any atom is -0.381 e. The van der Waals surface area contributed by atoms with Gasteiger partial charge in [0.25, 0.3) is 0 Å². The fourth-order valence-electron chi connectivity index (χ4n) is 3.06. The third-order valence-corrected chi connectivity index (χ3v) is 5.28. The lowest BCUT2D eigenvalue weighted by molar-refractivity contribution is -0.120. The molecule has 1 atom stereocenters. The van der Waals surface area contributed by atoms with Gasteiger partial charge < -0.3 is 15.2 Å². The predicted molar refractivity (Wildman–Crippen MR) is 86.4 cm³/mol. The van der Waals surface area contributed by atoms with Crippen LogP contribution in [0.25, 0.3) is 0 Å². The van der Waals surface area contributed by atoms with E-state index in [1.54, 1.807) is 0 Å². The first kappa shape index (κ1) is 16.9. The van der Waals surface area contributed by atoms with Crippen molar-refractivity contribution >= 4 is 15.9 Å². The third-order valence-electron chi connectivity index (χ3n) is 4.36. The molecule has 21 heavy (non-hydrogen) atoms. The highest BCUT2D eigenvalue weighted by Gasteiger charge is 2.40. The first-order valence-corrected chi connectivity index (χ1v) is 8.51. The van der Waals surface area contributed by atoms with Crippen molar-refractivity contribution in [3.63, 3.8) is 0 Å². The molecule has 0 saturated carbocycles. The summed E-state index contributed by atoms with van der Waals surface area (Å²) in [6.45, 7) is 6.26. The molecule has 0 amide bonds. The molecule has 1 aliphatic heterocycles. The Hall–Kier alpha value is -0.430. The summed E-state index contributed by atoms with van der Waals surface area (Å²) in [5.74, 6) is 0.